The van der Waals surface area contributed by atoms with Crippen LogP contribution in [0.3, 0.4) is 0 Å². The van der Waals surface area contributed by atoms with E-state index in [1.54, 1.807) is 6.07 Å². The van der Waals surface area contributed by atoms with Crippen molar-refractivity contribution in [3.05, 3.63) is 47.5 Å². The second kappa shape index (κ2) is 4.41. The molecule has 0 bridgehead atoms. The Kier molecular flexibility index (Phi) is 2.93. The molecule has 0 saturated carbocycles. The first kappa shape index (κ1) is 12.0. The van der Waals surface area contributed by atoms with E-state index in [1.165, 1.54) is 6.07 Å². The van der Waals surface area contributed by atoms with Gasteiger partial charge in [0.05, 0.1) is 5.56 Å². The summed E-state index contributed by atoms with van der Waals surface area (Å²) in [4.78, 5) is 11.3. The third-order valence-electron chi connectivity index (χ3n) is 2.84. The smallest absolute Gasteiger partial charge is 0.336 e. The summed E-state index contributed by atoms with van der Waals surface area (Å²) in [5.74, 6) is -1.03. The second-order valence-corrected chi connectivity index (χ2v) is 4.15. The Balaban J connectivity index is 2.78. The van der Waals surface area contributed by atoms with E-state index in [2.05, 4.69) is 0 Å². The van der Waals surface area contributed by atoms with Crippen LogP contribution in [0.1, 0.15) is 15.9 Å². The van der Waals surface area contributed by atoms with Crippen molar-refractivity contribution in [2.24, 2.45) is 0 Å². The van der Waals surface area contributed by atoms with E-state index in [0.717, 1.165) is 11.1 Å². The maximum absolute atomic E-state index is 11.3. The highest BCUT2D eigenvalue weighted by Gasteiger charge is 2.16. The largest absolute Gasteiger partial charge is 0.478 e. The van der Waals surface area contributed by atoms with E-state index in [-0.39, 0.29) is 5.56 Å². The summed E-state index contributed by atoms with van der Waals surface area (Å²) in [6.07, 6.45) is 0. The number of hydrogen-bond donors (Lipinski definition) is 3. The fourth-order valence-electron chi connectivity index (χ4n) is 2.01. The zero-order valence-corrected chi connectivity index (χ0v) is 9.97. The van der Waals surface area contributed by atoms with Gasteiger partial charge in [0.15, 0.2) is 0 Å². The summed E-state index contributed by atoms with van der Waals surface area (Å²) in [6.45, 7) is 1.91. The molecule has 0 radical (unpaired) electrons. The Morgan fingerprint density at radius 3 is 2.44 bits per heavy atom. The Bertz CT molecular complexity index is 621. The van der Waals surface area contributed by atoms with Crippen LogP contribution in [0, 0.1) is 6.92 Å². The van der Waals surface area contributed by atoms with Gasteiger partial charge in [0.25, 0.3) is 0 Å². The molecule has 0 amide bonds. The maximum atomic E-state index is 11.3. The minimum absolute atomic E-state index is 0.127. The summed E-state index contributed by atoms with van der Waals surface area (Å²) in [5.41, 5.74) is 14.7. The number of hydrogen-bond acceptors (Lipinski definition) is 3. The van der Waals surface area contributed by atoms with Crippen LogP contribution in [0.25, 0.3) is 11.1 Å². The number of carboxylic acids is 1. The van der Waals surface area contributed by atoms with Gasteiger partial charge >= 0.3 is 5.97 Å². The molecule has 18 heavy (non-hydrogen) atoms. The van der Waals surface area contributed by atoms with Crippen LogP contribution >= 0.6 is 0 Å². The average Bonchev–Trinajstić information content (AvgIpc) is 2.29. The van der Waals surface area contributed by atoms with Crippen LogP contribution in [0.15, 0.2) is 36.4 Å². The van der Waals surface area contributed by atoms with Gasteiger partial charge in [0, 0.05) is 16.9 Å². The predicted molar refractivity (Wildman–Crippen MR) is 72.4 cm³/mol. The van der Waals surface area contributed by atoms with Crippen LogP contribution in [0.2, 0.25) is 0 Å². The molecule has 2 rings (SSSR count). The second-order valence-electron chi connectivity index (χ2n) is 4.15. The van der Waals surface area contributed by atoms with Crippen molar-refractivity contribution in [3.8, 4) is 11.1 Å². The number of nitrogens with two attached hydrogens (primary N) is 2. The number of aromatic carboxylic acids is 1. The molecule has 2 aromatic carbocycles. The van der Waals surface area contributed by atoms with Crippen molar-refractivity contribution < 1.29 is 9.90 Å². The van der Waals surface area contributed by atoms with Crippen LogP contribution in [0.4, 0.5) is 11.4 Å². The van der Waals surface area contributed by atoms with Gasteiger partial charge in [-0.2, -0.15) is 0 Å². The maximum Gasteiger partial charge on any atom is 0.336 e. The quantitative estimate of drug-likeness (QED) is 0.706. The Morgan fingerprint density at radius 1 is 1.17 bits per heavy atom. The number of benzene rings is 2. The van der Waals surface area contributed by atoms with Crippen LogP contribution in [-0.4, -0.2) is 11.1 Å². The minimum atomic E-state index is -1.03. The molecule has 0 spiro atoms. The van der Waals surface area contributed by atoms with Gasteiger partial charge in [-0.3, -0.25) is 0 Å². The van der Waals surface area contributed by atoms with Gasteiger partial charge < -0.3 is 16.6 Å². The van der Waals surface area contributed by atoms with Crippen LogP contribution in [-0.2, 0) is 0 Å². The first-order chi connectivity index (χ1) is 8.50. The number of nitrogen functional groups attached to an aromatic ring is 2. The molecule has 4 nitrogen and oxygen atoms in total. The molecule has 0 aliphatic rings. The number of rotatable bonds is 2. The van der Waals surface area contributed by atoms with E-state index < -0.39 is 5.97 Å². The first-order valence-electron chi connectivity index (χ1n) is 5.49. The Morgan fingerprint density at radius 2 is 1.83 bits per heavy atom. The lowest BCUT2D eigenvalue weighted by Crippen LogP contribution is -2.05. The average molecular weight is 242 g/mol. The predicted octanol–water partition coefficient (Wildman–Crippen LogP) is 2.52. The topological polar surface area (TPSA) is 89.3 Å². The van der Waals surface area contributed by atoms with Gasteiger partial charge in [-0.1, -0.05) is 24.3 Å². The SMILES string of the molecule is Cc1ccccc1-c1c(N)cc(N)cc1C(=O)O. The molecule has 0 unspecified atom stereocenters. The molecular weight excluding hydrogens is 228 g/mol. The molecule has 4 heteroatoms. The molecule has 0 atom stereocenters. The van der Waals surface area contributed by atoms with E-state index in [4.69, 9.17) is 11.5 Å². The van der Waals surface area contributed by atoms with Gasteiger partial charge in [-0.15, -0.1) is 0 Å². The number of aryl methyl sites for hydroxylation is 1. The molecule has 0 fully saturated rings. The lowest BCUT2D eigenvalue weighted by molar-refractivity contribution is 0.0698. The summed E-state index contributed by atoms with van der Waals surface area (Å²) < 4.78 is 0. The van der Waals surface area contributed by atoms with E-state index in [1.807, 2.05) is 31.2 Å². The Hall–Kier alpha value is -2.49. The van der Waals surface area contributed by atoms with Crippen molar-refractivity contribution in [2.45, 2.75) is 6.92 Å². The standard InChI is InChI=1S/C14H14N2O2/c1-8-4-2-3-5-10(8)13-11(14(17)18)6-9(15)7-12(13)16/h2-7H,15-16H2,1H3,(H,17,18). The highest BCUT2D eigenvalue weighted by Crippen LogP contribution is 2.33. The van der Waals surface area contributed by atoms with Crippen molar-refractivity contribution in [1.29, 1.82) is 0 Å². The lowest BCUT2D eigenvalue weighted by atomic mass is 9.94. The van der Waals surface area contributed by atoms with Crippen LogP contribution in [0.5, 0.6) is 0 Å². The molecule has 5 N–H and O–H groups in total. The van der Waals surface area contributed by atoms with Crippen molar-refractivity contribution in [2.75, 3.05) is 11.5 Å². The monoisotopic (exact) mass is 242 g/mol. The van der Waals surface area contributed by atoms with Crippen molar-refractivity contribution in [1.82, 2.24) is 0 Å². The molecule has 92 valence electrons. The fraction of sp³-hybridized carbons (Fsp3) is 0.0714. The minimum Gasteiger partial charge on any atom is -0.478 e. The van der Waals surface area contributed by atoms with Crippen LogP contribution < -0.4 is 11.5 Å². The van der Waals surface area contributed by atoms with E-state index in [0.29, 0.717) is 16.9 Å². The Labute approximate surface area is 105 Å². The normalized spacial score (nSPS) is 10.3. The zero-order valence-electron chi connectivity index (χ0n) is 9.97. The van der Waals surface area contributed by atoms with Gasteiger partial charge in [0.2, 0.25) is 0 Å². The third kappa shape index (κ3) is 2.00. The number of anilines is 2. The summed E-state index contributed by atoms with van der Waals surface area (Å²) >= 11 is 0. The molecule has 0 aliphatic carbocycles. The molecule has 0 aliphatic heterocycles. The highest BCUT2D eigenvalue weighted by atomic mass is 16.4. The highest BCUT2D eigenvalue weighted by molar-refractivity contribution is 6.01. The summed E-state index contributed by atoms with van der Waals surface area (Å²) in [6, 6.07) is 10.5. The van der Waals surface area contributed by atoms with E-state index in [9.17, 15) is 9.90 Å². The molecule has 0 saturated heterocycles. The van der Waals surface area contributed by atoms with Crippen molar-refractivity contribution >= 4 is 17.3 Å². The summed E-state index contributed by atoms with van der Waals surface area (Å²) in [5, 5.41) is 9.26. The fourth-order valence-corrected chi connectivity index (χ4v) is 2.01. The molecule has 0 heterocycles. The van der Waals surface area contributed by atoms with Gasteiger partial charge in [-0.05, 0) is 30.2 Å². The summed E-state index contributed by atoms with van der Waals surface area (Å²) in [7, 11) is 0. The lowest BCUT2D eigenvalue weighted by Gasteiger charge is -2.13. The number of carbonyl (C=O) groups is 1. The van der Waals surface area contributed by atoms with Gasteiger partial charge in [0.1, 0.15) is 0 Å². The third-order valence-corrected chi connectivity index (χ3v) is 2.84. The van der Waals surface area contributed by atoms with Crippen molar-refractivity contribution in [3.63, 3.8) is 0 Å². The number of carboxylic acid groups (broad SMARTS) is 1. The molecule has 0 aromatic heterocycles. The molecular formula is C14H14N2O2. The van der Waals surface area contributed by atoms with Gasteiger partial charge in [-0.25, -0.2) is 4.79 Å². The zero-order chi connectivity index (χ0) is 13.3. The first-order valence-corrected chi connectivity index (χ1v) is 5.49. The molecule has 2 aromatic rings. The van der Waals surface area contributed by atoms with E-state index >= 15 is 0 Å².